The molecule has 54 valence electrons. The van der Waals surface area contributed by atoms with E-state index in [1.165, 1.54) is 25.4 Å². The standard InChI is InChI=1S/C7H16NSi/c1-8-6-4-5-7-9(8,2)3/h1,4-7H2,2-3H3/q-1. The third-order valence-electron chi connectivity index (χ3n) is 2.32. The van der Waals surface area contributed by atoms with Crippen LogP contribution in [0, 0.1) is 7.05 Å². The van der Waals surface area contributed by atoms with Gasteiger partial charge in [-0.2, -0.15) is 0 Å². The lowest BCUT2D eigenvalue weighted by molar-refractivity contribution is 0.483. The molecule has 0 aliphatic carbocycles. The Hall–Kier alpha value is 0.177. The SMILES string of the molecule is [CH2-]N1CCCC[Si]1(C)C. The first-order valence-electron chi connectivity index (χ1n) is 3.71. The van der Waals surface area contributed by atoms with E-state index in [0.29, 0.717) is 0 Å². The summed E-state index contributed by atoms with van der Waals surface area (Å²) in [6, 6.07) is 1.44. The molecule has 1 fully saturated rings. The maximum absolute atomic E-state index is 4.05. The molecule has 0 radical (unpaired) electrons. The van der Waals surface area contributed by atoms with E-state index in [4.69, 9.17) is 0 Å². The summed E-state index contributed by atoms with van der Waals surface area (Å²) in [5.74, 6) is 0. The van der Waals surface area contributed by atoms with E-state index in [2.05, 4.69) is 24.7 Å². The van der Waals surface area contributed by atoms with Gasteiger partial charge in [-0.3, -0.25) is 7.05 Å². The van der Waals surface area contributed by atoms with Gasteiger partial charge in [0.1, 0.15) is 0 Å². The Kier molecular flexibility index (Phi) is 1.96. The van der Waals surface area contributed by atoms with E-state index in [-0.39, 0.29) is 0 Å². The van der Waals surface area contributed by atoms with Crippen LogP contribution in [0.25, 0.3) is 0 Å². The van der Waals surface area contributed by atoms with Crippen LogP contribution in [0.4, 0.5) is 0 Å². The summed E-state index contributed by atoms with van der Waals surface area (Å²) in [6.07, 6.45) is 2.80. The minimum absolute atomic E-state index is 0.972. The molecule has 0 aromatic heterocycles. The normalized spacial score (nSPS) is 28.3. The number of rotatable bonds is 0. The summed E-state index contributed by atoms with van der Waals surface area (Å²) >= 11 is 0. The van der Waals surface area contributed by atoms with E-state index in [1.54, 1.807) is 0 Å². The number of hydrogen-bond donors (Lipinski definition) is 0. The van der Waals surface area contributed by atoms with Crippen LogP contribution >= 0.6 is 0 Å². The fourth-order valence-corrected chi connectivity index (χ4v) is 3.52. The lowest BCUT2D eigenvalue weighted by Gasteiger charge is -2.44. The number of nitrogens with zero attached hydrogens (tertiary/aromatic N) is 1. The molecule has 0 spiro atoms. The molecule has 1 nitrogen and oxygen atoms in total. The molecule has 9 heavy (non-hydrogen) atoms. The minimum atomic E-state index is -0.972. The average molecular weight is 142 g/mol. The molecule has 0 aromatic carbocycles. The van der Waals surface area contributed by atoms with Gasteiger partial charge < -0.3 is 4.57 Å². The van der Waals surface area contributed by atoms with Crippen LogP contribution in [0.15, 0.2) is 0 Å². The molecule has 0 N–H and O–H groups in total. The Bertz CT molecular complexity index is 101. The molecule has 1 aliphatic heterocycles. The van der Waals surface area contributed by atoms with Gasteiger partial charge in [0.2, 0.25) is 0 Å². The van der Waals surface area contributed by atoms with Crippen molar-refractivity contribution in [2.24, 2.45) is 0 Å². The van der Waals surface area contributed by atoms with E-state index in [0.717, 1.165) is 0 Å². The molecule has 0 bridgehead atoms. The molecular formula is C7H16NSi-. The van der Waals surface area contributed by atoms with Crippen LogP contribution in [0.2, 0.25) is 19.1 Å². The minimum Gasteiger partial charge on any atom is -0.481 e. The zero-order valence-electron chi connectivity index (χ0n) is 6.48. The monoisotopic (exact) mass is 142 g/mol. The van der Waals surface area contributed by atoms with Crippen molar-refractivity contribution in [2.45, 2.75) is 32.0 Å². The van der Waals surface area contributed by atoms with Crippen LogP contribution in [-0.4, -0.2) is 19.3 Å². The fraction of sp³-hybridized carbons (Fsp3) is 0.857. The zero-order chi connectivity index (χ0) is 6.91. The molecule has 1 aliphatic rings. The highest BCUT2D eigenvalue weighted by molar-refractivity contribution is 6.74. The third-order valence-corrected chi connectivity index (χ3v) is 5.84. The van der Waals surface area contributed by atoms with Gasteiger partial charge in [-0.25, -0.2) is 0 Å². The Morgan fingerprint density at radius 2 is 2.00 bits per heavy atom. The van der Waals surface area contributed by atoms with Crippen molar-refractivity contribution in [1.29, 1.82) is 0 Å². The summed E-state index contributed by atoms with van der Waals surface area (Å²) in [4.78, 5) is 0. The lowest BCUT2D eigenvalue weighted by atomic mass is 10.3. The molecule has 0 unspecified atom stereocenters. The van der Waals surface area contributed by atoms with Gasteiger partial charge >= 0.3 is 0 Å². The van der Waals surface area contributed by atoms with Crippen molar-refractivity contribution in [1.82, 2.24) is 4.57 Å². The fourth-order valence-electron chi connectivity index (χ4n) is 1.32. The summed E-state index contributed by atoms with van der Waals surface area (Å²) < 4.78 is 2.34. The van der Waals surface area contributed by atoms with Crippen LogP contribution in [0.1, 0.15) is 12.8 Å². The largest absolute Gasteiger partial charge is 0.481 e. The number of hydrogen-bond acceptors (Lipinski definition) is 1. The van der Waals surface area contributed by atoms with Gasteiger partial charge in [0.05, 0.1) is 8.24 Å². The molecule has 1 saturated heterocycles. The summed E-state index contributed by atoms with van der Waals surface area (Å²) in [5.41, 5.74) is 0. The van der Waals surface area contributed by atoms with E-state index in [9.17, 15) is 0 Å². The highest BCUT2D eigenvalue weighted by atomic mass is 28.3. The van der Waals surface area contributed by atoms with Gasteiger partial charge in [-0.15, -0.1) is 0 Å². The summed E-state index contributed by atoms with van der Waals surface area (Å²) in [5, 5.41) is 0. The lowest BCUT2D eigenvalue weighted by Crippen LogP contribution is -2.47. The maximum atomic E-state index is 4.05. The van der Waals surface area contributed by atoms with Gasteiger partial charge in [0.15, 0.2) is 0 Å². The van der Waals surface area contributed by atoms with Gasteiger partial charge in [-0.05, 0) is 19.0 Å². The van der Waals surface area contributed by atoms with Crippen molar-refractivity contribution in [3.05, 3.63) is 7.05 Å². The van der Waals surface area contributed by atoms with Crippen molar-refractivity contribution in [3.8, 4) is 0 Å². The first-order chi connectivity index (χ1) is 4.13. The van der Waals surface area contributed by atoms with Crippen LogP contribution < -0.4 is 0 Å². The van der Waals surface area contributed by atoms with Crippen molar-refractivity contribution < 1.29 is 0 Å². The van der Waals surface area contributed by atoms with Crippen LogP contribution in [-0.2, 0) is 0 Å². The Morgan fingerprint density at radius 1 is 1.33 bits per heavy atom. The first kappa shape index (κ1) is 7.29. The summed E-state index contributed by atoms with van der Waals surface area (Å²) in [6.45, 7) is 6.04. The molecule has 0 aromatic rings. The second-order valence-corrected chi connectivity index (χ2v) is 8.29. The third kappa shape index (κ3) is 1.55. The van der Waals surface area contributed by atoms with Gasteiger partial charge in [-0.1, -0.05) is 19.5 Å². The van der Waals surface area contributed by atoms with Gasteiger partial charge in [0, 0.05) is 0 Å². The second-order valence-electron chi connectivity index (χ2n) is 3.53. The van der Waals surface area contributed by atoms with Crippen molar-refractivity contribution in [2.75, 3.05) is 6.54 Å². The molecule has 1 rings (SSSR count). The first-order valence-corrected chi connectivity index (χ1v) is 6.86. The molecule has 0 amide bonds. The topological polar surface area (TPSA) is 3.24 Å². The van der Waals surface area contributed by atoms with Crippen molar-refractivity contribution in [3.63, 3.8) is 0 Å². The highest BCUT2D eigenvalue weighted by Gasteiger charge is 2.24. The maximum Gasteiger partial charge on any atom is 0.0923 e. The highest BCUT2D eigenvalue weighted by Crippen LogP contribution is 2.23. The predicted octanol–water partition coefficient (Wildman–Crippen LogP) is 2.08. The van der Waals surface area contributed by atoms with Gasteiger partial charge in [0.25, 0.3) is 0 Å². The predicted molar refractivity (Wildman–Crippen MR) is 43.6 cm³/mol. The molecule has 2 heteroatoms. The van der Waals surface area contributed by atoms with E-state index in [1.807, 2.05) is 0 Å². The van der Waals surface area contributed by atoms with Crippen LogP contribution in [0.5, 0.6) is 0 Å². The van der Waals surface area contributed by atoms with E-state index < -0.39 is 8.24 Å². The van der Waals surface area contributed by atoms with E-state index >= 15 is 0 Å². The quantitative estimate of drug-likeness (QED) is 0.370. The molecule has 0 atom stereocenters. The zero-order valence-corrected chi connectivity index (χ0v) is 7.48. The molecular weight excluding hydrogens is 126 g/mol. The Morgan fingerprint density at radius 3 is 2.33 bits per heavy atom. The Balaban J connectivity index is 2.49. The molecule has 1 heterocycles. The van der Waals surface area contributed by atoms with Crippen LogP contribution in [0.3, 0.4) is 0 Å². The summed E-state index contributed by atoms with van der Waals surface area (Å²) in [7, 11) is 3.07. The second kappa shape index (κ2) is 2.43. The Labute approximate surface area is 59.1 Å². The molecule has 0 saturated carbocycles. The average Bonchev–Trinajstić information content (AvgIpc) is 1.77. The van der Waals surface area contributed by atoms with Crippen molar-refractivity contribution >= 4 is 8.24 Å². The smallest absolute Gasteiger partial charge is 0.0923 e.